The molecule has 1 aliphatic carbocycles. The zero-order valence-electron chi connectivity index (χ0n) is 11.3. The number of amides is 2. The Morgan fingerprint density at radius 1 is 1.05 bits per heavy atom. The lowest BCUT2D eigenvalue weighted by atomic mass is 9.81. The second-order valence-electron chi connectivity index (χ2n) is 5.48. The van der Waals surface area contributed by atoms with Crippen LogP contribution >= 0.6 is 0 Å². The highest BCUT2D eigenvalue weighted by molar-refractivity contribution is 5.85. The number of aliphatic carboxylic acids is 1. The first-order chi connectivity index (χ1) is 9.50. The highest BCUT2D eigenvalue weighted by Gasteiger charge is 2.35. The van der Waals surface area contributed by atoms with Gasteiger partial charge in [-0.1, -0.05) is 12.2 Å². The van der Waals surface area contributed by atoms with Crippen LogP contribution in [0.5, 0.6) is 0 Å². The summed E-state index contributed by atoms with van der Waals surface area (Å²) < 4.78 is 0. The fraction of sp³-hybridized carbons (Fsp3) is 0.643. The zero-order valence-corrected chi connectivity index (χ0v) is 11.3. The molecule has 110 valence electrons. The van der Waals surface area contributed by atoms with Crippen molar-refractivity contribution < 1.29 is 19.5 Å². The molecule has 0 saturated carbocycles. The molecular formula is C14H19N2O4-. The number of hydrogen-bond acceptors (Lipinski definition) is 4. The molecule has 0 aromatic heterocycles. The zero-order chi connectivity index (χ0) is 14.7. The van der Waals surface area contributed by atoms with E-state index in [1.54, 1.807) is 11.0 Å². The molecule has 2 atom stereocenters. The molecule has 2 amide bonds. The number of carboxylic acids is 1. The Labute approximate surface area is 117 Å². The highest BCUT2D eigenvalue weighted by Crippen LogP contribution is 2.28. The van der Waals surface area contributed by atoms with Crippen LogP contribution in [0.25, 0.3) is 0 Å². The molecule has 6 heteroatoms. The van der Waals surface area contributed by atoms with Gasteiger partial charge in [0.2, 0.25) is 11.8 Å². The molecule has 0 bridgehead atoms. The standard InChI is InChI=1S/C14H20N2O4/c15-12(17)9-5-7-16(8-6-9)13(18)10-3-1-2-4-11(10)14(19)20/h1-2,9-11H,3-8H2,(H2,15,17)(H,19,20)/p-1/t10-,11+/m1/s1. The molecule has 2 rings (SSSR count). The topological polar surface area (TPSA) is 104 Å². The Kier molecular flexibility index (Phi) is 4.42. The van der Waals surface area contributed by atoms with E-state index in [-0.39, 0.29) is 17.7 Å². The number of allylic oxidation sites excluding steroid dienone is 2. The quantitative estimate of drug-likeness (QED) is 0.672. The van der Waals surface area contributed by atoms with Gasteiger partial charge in [0.1, 0.15) is 0 Å². The molecule has 0 unspecified atom stereocenters. The Morgan fingerprint density at radius 2 is 1.60 bits per heavy atom. The van der Waals surface area contributed by atoms with Crippen LogP contribution in [0.3, 0.4) is 0 Å². The van der Waals surface area contributed by atoms with Crippen molar-refractivity contribution in [3.63, 3.8) is 0 Å². The molecule has 1 fully saturated rings. The molecule has 0 radical (unpaired) electrons. The van der Waals surface area contributed by atoms with E-state index in [1.165, 1.54) is 0 Å². The van der Waals surface area contributed by atoms with E-state index in [4.69, 9.17) is 5.73 Å². The summed E-state index contributed by atoms with van der Waals surface area (Å²) >= 11 is 0. The maximum atomic E-state index is 12.4. The van der Waals surface area contributed by atoms with E-state index in [0.717, 1.165) is 0 Å². The van der Waals surface area contributed by atoms with Crippen molar-refractivity contribution in [1.82, 2.24) is 4.90 Å². The lowest BCUT2D eigenvalue weighted by Gasteiger charge is -2.36. The van der Waals surface area contributed by atoms with E-state index in [1.807, 2.05) is 6.08 Å². The van der Waals surface area contributed by atoms with Crippen molar-refractivity contribution >= 4 is 17.8 Å². The Balaban J connectivity index is 1.99. The number of hydrogen-bond donors (Lipinski definition) is 1. The number of rotatable bonds is 3. The third-order valence-electron chi connectivity index (χ3n) is 4.26. The highest BCUT2D eigenvalue weighted by atomic mass is 16.4. The van der Waals surface area contributed by atoms with Crippen LogP contribution in [0.15, 0.2) is 12.2 Å². The number of piperidine rings is 1. The summed E-state index contributed by atoms with van der Waals surface area (Å²) in [6.45, 7) is 0.929. The van der Waals surface area contributed by atoms with Gasteiger partial charge in [0.15, 0.2) is 0 Å². The minimum atomic E-state index is -1.17. The average molecular weight is 279 g/mol. The van der Waals surface area contributed by atoms with Crippen LogP contribution in [0, 0.1) is 17.8 Å². The van der Waals surface area contributed by atoms with Gasteiger partial charge in [0.05, 0.1) is 0 Å². The smallest absolute Gasteiger partial charge is 0.226 e. The molecule has 0 aromatic rings. The monoisotopic (exact) mass is 279 g/mol. The number of nitrogens with two attached hydrogens (primary N) is 1. The lowest BCUT2D eigenvalue weighted by molar-refractivity contribution is -0.313. The number of likely N-dealkylation sites (tertiary alicyclic amines) is 1. The lowest BCUT2D eigenvalue weighted by Crippen LogP contribution is -2.48. The van der Waals surface area contributed by atoms with Crippen molar-refractivity contribution in [2.45, 2.75) is 25.7 Å². The first kappa shape index (κ1) is 14.6. The van der Waals surface area contributed by atoms with Crippen LogP contribution in [0.4, 0.5) is 0 Å². The molecule has 2 aliphatic rings. The second kappa shape index (κ2) is 6.07. The van der Waals surface area contributed by atoms with Crippen molar-refractivity contribution in [3.05, 3.63) is 12.2 Å². The summed E-state index contributed by atoms with van der Waals surface area (Å²) in [6, 6.07) is 0. The molecular weight excluding hydrogens is 260 g/mol. The fourth-order valence-corrected chi connectivity index (χ4v) is 2.97. The molecule has 20 heavy (non-hydrogen) atoms. The van der Waals surface area contributed by atoms with Crippen molar-refractivity contribution in [2.75, 3.05) is 13.1 Å². The van der Waals surface area contributed by atoms with Crippen molar-refractivity contribution in [1.29, 1.82) is 0 Å². The van der Waals surface area contributed by atoms with Gasteiger partial charge in [-0.25, -0.2) is 0 Å². The predicted molar refractivity (Wildman–Crippen MR) is 68.9 cm³/mol. The second-order valence-corrected chi connectivity index (χ2v) is 5.48. The average Bonchev–Trinajstić information content (AvgIpc) is 2.46. The van der Waals surface area contributed by atoms with Crippen LogP contribution in [0.2, 0.25) is 0 Å². The Bertz CT molecular complexity index is 438. The van der Waals surface area contributed by atoms with E-state index < -0.39 is 17.8 Å². The fourth-order valence-electron chi connectivity index (χ4n) is 2.97. The van der Waals surface area contributed by atoms with Gasteiger partial charge in [-0.2, -0.15) is 0 Å². The SMILES string of the molecule is NC(=O)C1CCN(C(=O)[C@@H]2CC=CC[C@@H]2C(=O)[O-])CC1. The summed E-state index contributed by atoms with van der Waals surface area (Å²) in [5, 5.41) is 11.1. The normalized spacial score (nSPS) is 27.3. The number of primary amides is 1. The third-order valence-corrected chi connectivity index (χ3v) is 4.26. The van der Waals surface area contributed by atoms with Crippen molar-refractivity contribution in [3.8, 4) is 0 Å². The van der Waals surface area contributed by atoms with Crippen LogP contribution in [0.1, 0.15) is 25.7 Å². The maximum Gasteiger partial charge on any atom is 0.226 e. The van der Waals surface area contributed by atoms with Gasteiger partial charge in [-0.3, -0.25) is 9.59 Å². The maximum absolute atomic E-state index is 12.4. The summed E-state index contributed by atoms with van der Waals surface area (Å²) in [4.78, 5) is 36.3. The van der Waals surface area contributed by atoms with Crippen LogP contribution in [-0.2, 0) is 14.4 Å². The predicted octanol–water partition coefficient (Wildman–Crippen LogP) is -0.957. The third kappa shape index (κ3) is 3.00. The summed E-state index contributed by atoms with van der Waals surface area (Å²) in [6.07, 6.45) is 5.52. The van der Waals surface area contributed by atoms with E-state index in [2.05, 4.69) is 0 Å². The minimum absolute atomic E-state index is 0.147. The van der Waals surface area contributed by atoms with Crippen LogP contribution < -0.4 is 10.8 Å². The summed E-state index contributed by atoms with van der Waals surface area (Å²) in [5.41, 5.74) is 5.26. The Morgan fingerprint density at radius 3 is 2.10 bits per heavy atom. The largest absolute Gasteiger partial charge is 0.550 e. The van der Waals surface area contributed by atoms with Gasteiger partial charge < -0.3 is 20.5 Å². The van der Waals surface area contributed by atoms with Crippen LogP contribution in [-0.4, -0.2) is 35.8 Å². The first-order valence-corrected chi connectivity index (χ1v) is 6.94. The number of carboxylic acid groups (broad SMARTS) is 1. The van der Waals surface area contributed by atoms with Gasteiger partial charge in [0, 0.05) is 36.8 Å². The number of carbonyl (C=O) groups is 3. The van der Waals surface area contributed by atoms with Crippen molar-refractivity contribution in [2.24, 2.45) is 23.5 Å². The molecule has 6 nitrogen and oxygen atoms in total. The molecule has 0 aromatic carbocycles. The van der Waals surface area contributed by atoms with E-state index >= 15 is 0 Å². The summed E-state index contributed by atoms with van der Waals surface area (Å²) in [7, 11) is 0. The molecule has 0 spiro atoms. The number of nitrogens with zero attached hydrogens (tertiary/aromatic N) is 1. The van der Waals surface area contributed by atoms with Gasteiger partial charge >= 0.3 is 0 Å². The van der Waals surface area contributed by atoms with Gasteiger partial charge in [-0.15, -0.1) is 0 Å². The molecule has 1 saturated heterocycles. The Hall–Kier alpha value is -1.85. The first-order valence-electron chi connectivity index (χ1n) is 6.94. The van der Waals surface area contributed by atoms with Gasteiger partial charge in [-0.05, 0) is 25.7 Å². The molecule has 1 heterocycles. The molecule has 1 aliphatic heterocycles. The van der Waals surface area contributed by atoms with E-state index in [9.17, 15) is 19.5 Å². The number of carbonyl (C=O) groups excluding carboxylic acids is 3. The molecule has 2 N–H and O–H groups in total. The summed E-state index contributed by atoms with van der Waals surface area (Å²) in [5.74, 6) is -3.12. The minimum Gasteiger partial charge on any atom is -0.550 e. The van der Waals surface area contributed by atoms with Gasteiger partial charge in [0.25, 0.3) is 0 Å². The van der Waals surface area contributed by atoms with E-state index in [0.29, 0.717) is 38.8 Å².